The molecular formula is C20H23NO3. The van der Waals surface area contributed by atoms with Crippen molar-refractivity contribution in [3.05, 3.63) is 71.8 Å². The number of aldehydes is 1. The van der Waals surface area contributed by atoms with Crippen LogP contribution in [0.5, 0.6) is 0 Å². The number of ether oxygens (including phenoxy) is 1. The average Bonchev–Trinajstić information content (AvgIpc) is 2.54. The summed E-state index contributed by atoms with van der Waals surface area (Å²) < 4.78 is 5.28. The van der Waals surface area contributed by atoms with Gasteiger partial charge in [-0.05, 0) is 31.9 Å². The van der Waals surface area contributed by atoms with Crippen LogP contribution in [0.4, 0.5) is 4.79 Å². The van der Waals surface area contributed by atoms with Crippen LogP contribution in [0.2, 0.25) is 0 Å². The molecule has 126 valence electrons. The molecule has 0 radical (unpaired) electrons. The zero-order valence-electron chi connectivity index (χ0n) is 14.2. The quantitative estimate of drug-likeness (QED) is 0.848. The lowest BCUT2D eigenvalue weighted by Crippen LogP contribution is -2.43. The Morgan fingerprint density at radius 3 is 1.79 bits per heavy atom. The number of alkyl carbamates (subject to hydrolysis) is 1. The van der Waals surface area contributed by atoms with Crippen molar-refractivity contribution in [1.29, 1.82) is 0 Å². The SMILES string of the molecule is CC(C)(C)OC(=O)NC(C=O)C(c1ccccc1)c1ccccc1. The minimum atomic E-state index is -0.718. The van der Waals surface area contributed by atoms with Crippen molar-refractivity contribution >= 4 is 12.4 Å². The van der Waals surface area contributed by atoms with Crippen molar-refractivity contribution in [2.45, 2.75) is 38.3 Å². The van der Waals surface area contributed by atoms with Crippen LogP contribution in [0.1, 0.15) is 37.8 Å². The highest BCUT2D eigenvalue weighted by Crippen LogP contribution is 2.27. The first-order valence-corrected chi connectivity index (χ1v) is 7.95. The summed E-state index contributed by atoms with van der Waals surface area (Å²) in [5, 5.41) is 2.69. The van der Waals surface area contributed by atoms with Crippen molar-refractivity contribution in [2.75, 3.05) is 0 Å². The Labute approximate surface area is 142 Å². The van der Waals surface area contributed by atoms with E-state index in [-0.39, 0.29) is 5.92 Å². The van der Waals surface area contributed by atoms with E-state index in [1.807, 2.05) is 60.7 Å². The smallest absolute Gasteiger partial charge is 0.408 e. The molecule has 0 bridgehead atoms. The van der Waals surface area contributed by atoms with Crippen molar-refractivity contribution in [3.63, 3.8) is 0 Å². The first-order chi connectivity index (χ1) is 11.4. The van der Waals surface area contributed by atoms with E-state index in [0.29, 0.717) is 0 Å². The number of benzene rings is 2. The van der Waals surface area contributed by atoms with Gasteiger partial charge in [0.2, 0.25) is 0 Å². The number of carbonyl (C=O) groups excluding carboxylic acids is 2. The summed E-state index contributed by atoms with van der Waals surface area (Å²) in [6.07, 6.45) is 0.158. The highest BCUT2D eigenvalue weighted by atomic mass is 16.6. The van der Waals surface area contributed by atoms with Crippen LogP contribution in [-0.4, -0.2) is 24.0 Å². The number of carbonyl (C=O) groups is 2. The summed E-state index contributed by atoms with van der Waals surface area (Å²) in [5.41, 5.74) is 1.29. The standard InChI is InChI=1S/C20H23NO3/c1-20(2,3)24-19(23)21-17(14-22)18(15-10-6-4-7-11-15)16-12-8-5-9-13-16/h4-14,17-18H,1-3H3,(H,21,23). The topological polar surface area (TPSA) is 55.4 Å². The number of nitrogens with one attached hydrogen (secondary N) is 1. The van der Waals surface area contributed by atoms with Gasteiger partial charge in [0.1, 0.15) is 11.9 Å². The van der Waals surface area contributed by atoms with Crippen molar-refractivity contribution in [1.82, 2.24) is 5.32 Å². The number of rotatable bonds is 5. The van der Waals surface area contributed by atoms with E-state index < -0.39 is 17.7 Å². The largest absolute Gasteiger partial charge is 0.444 e. The van der Waals surface area contributed by atoms with E-state index in [4.69, 9.17) is 4.74 Å². The van der Waals surface area contributed by atoms with Gasteiger partial charge >= 0.3 is 6.09 Å². The monoisotopic (exact) mass is 325 g/mol. The lowest BCUT2D eigenvalue weighted by Gasteiger charge is -2.27. The van der Waals surface area contributed by atoms with Gasteiger partial charge in [-0.3, -0.25) is 0 Å². The predicted octanol–water partition coefficient (Wildman–Crippen LogP) is 3.91. The fraction of sp³-hybridized carbons (Fsp3) is 0.300. The zero-order chi connectivity index (χ0) is 17.6. The van der Waals surface area contributed by atoms with Gasteiger partial charge in [-0.2, -0.15) is 0 Å². The van der Waals surface area contributed by atoms with E-state index in [2.05, 4.69) is 5.32 Å². The minimum absolute atomic E-state index is 0.280. The zero-order valence-corrected chi connectivity index (χ0v) is 14.2. The van der Waals surface area contributed by atoms with Crippen LogP contribution in [0.15, 0.2) is 60.7 Å². The molecule has 0 aliphatic heterocycles. The van der Waals surface area contributed by atoms with Crippen LogP contribution in [0, 0.1) is 0 Å². The van der Waals surface area contributed by atoms with Gasteiger partial charge in [-0.25, -0.2) is 4.79 Å². The van der Waals surface area contributed by atoms with Crippen LogP contribution in [0.3, 0.4) is 0 Å². The molecule has 0 aliphatic carbocycles. The fourth-order valence-electron chi connectivity index (χ4n) is 2.57. The van der Waals surface area contributed by atoms with Crippen LogP contribution in [0.25, 0.3) is 0 Å². The van der Waals surface area contributed by atoms with E-state index in [1.54, 1.807) is 20.8 Å². The van der Waals surface area contributed by atoms with Crippen LogP contribution in [-0.2, 0) is 9.53 Å². The van der Waals surface area contributed by atoms with Crippen molar-refractivity contribution < 1.29 is 14.3 Å². The molecule has 4 nitrogen and oxygen atoms in total. The molecule has 0 fully saturated rings. The van der Waals surface area contributed by atoms with Gasteiger partial charge in [-0.15, -0.1) is 0 Å². The maximum atomic E-state index is 12.1. The molecule has 1 unspecified atom stereocenters. The summed E-state index contributed by atoms with van der Waals surface area (Å²) >= 11 is 0. The molecule has 2 aromatic rings. The Balaban J connectivity index is 2.31. The fourth-order valence-corrected chi connectivity index (χ4v) is 2.57. The second-order valence-electron chi connectivity index (χ2n) is 6.61. The molecule has 0 heterocycles. The molecule has 2 rings (SSSR count). The Kier molecular flexibility index (Phi) is 5.74. The summed E-state index contributed by atoms with van der Waals surface area (Å²) in [5.74, 6) is -0.280. The van der Waals surface area contributed by atoms with E-state index >= 15 is 0 Å². The highest BCUT2D eigenvalue weighted by Gasteiger charge is 2.28. The van der Waals surface area contributed by atoms with Gasteiger partial charge in [0.05, 0.1) is 6.04 Å². The summed E-state index contributed by atoms with van der Waals surface area (Å²) in [6.45, 7) is 5.36. The summed E-state index contributed by atoms with van der Waals surface area (Å²) in [7, 11) is 0. The number of hydrogen-bond acceptors (Lipinski definition) is 3. The molecule has 1 amide bonds. The maximum absolute atomic E-state index is 12.1. The summed E-state index contributed by atoms with van der Waals surface area (Å²) in [4.78, 5) is 23.8. The molecule has 0 spiro atoms. The number of hydrogen-bond donors (Lipinski definition) is 1. The lowest BCUT2D eigenvalue weighted by atomic mass is 9.85. The first kappa shape index (κ1) is 17.7. The Morgan fingerprint density at radius 1 is 0.958 bits per heavy atom. The molecule has 2 aromatic carbocycles. The second kappa shape index (κ2) is 7.77. The minimum Gasteiger partial charge on any atom is -0.444 e. The molecule has 24 heavy (non-hydrogen) atoms. The van der Waals surface area contributed by atoms with Gasteiger partial charge in [0, 0.05) is 5.92 Å². The third-order valence-corrected chi connectivity index (χ3v) is 3.51. The first-order valence-electron chi connectivity index (χ1n) is 7.95. The molecule has 1 atom stereocenters. The van der Waals surface area contributed by atoms with Crippen molar-refractivity contribution in [3.8, 4) is 0 Å². The predicted molar refractivity (Wildman–Crippen MR) is 93.9 cm³/mol. The average molecular weight is 325 g/mol. The van der Waals surface area contributed by atoms with Crippen LogP contribution < -0.4 is 5.32 Å². The van der Waals surface area contributed by atoms with E-state index in [0.717, 1.165) is 17.4 Å². The Bertz CT molecular complexity index is 623. The van der Waals surface area contributed by atoms with E-state index in [9.17, 15) is 9.59 Å². The number of amides is 1. The lowest BCUT2D eigenvalue weighted by molar-refractivity contribution is -0.109. The van der Waals surface area contributed by atoms with Gasteiger partial charge < -0.3 is 14.8 Å². The molecule has 0 saturated carbocycles. The Hall–Kier alpha value is -2.62. The van der Waals surface area contributed by atoms with Crippen LogP contribution >= 0.6 is 0 Å². The van der Waals surface area contributed by atoms with E-state index in [1.165, 1.54) is 0 Å². The highest BCUT2D eigenvalue weighted by molar-refractivity contribution is 5.75. The molecular weight excluding hydrogens is 302 g/mol. The van der Waals surface area contributed by atoms with Crippen molar-refractivity contribution in [2.24, 2.45) is 0 Å². The Morgan fingerprint density at radius 2 is 1.42 bits per heavy atom. The van der Waals surface area contributed by atoms with Gasteiger partial charge in [0.15, 0.2) is 0 Å². The summed E-state index contributed by atoms with van der Waals surface area (Å²) in [6, 6.07) is 18.6. The second-order valence-corrected chi connectivity index (χ2v) is 6.61. The molecule has 0 saturated heterocycles. The normalized spacial score (nSPS) is 12.5. The van der Waals surface area contributed by atoms with Gasteiger partial charge in [-0.1, -0.05) is 60.7 Å². The third kappa shape index (κ3) is 4.95. The molecule has 4 heteroatoms. The molecule has 0 aliphatic rings. The van der Waals surface area contributed by atoms with Gasteiger partial charge in [0.25, 0.3) is 0 Å². The maximum Gasteiger partial charge on any atom is 0.408 e. The molecule has 0 aromatic heterocycles. The molecule has 1 N–H and O–H groups in total. The third-order valence-electron chi connectivity index (χ3n) is 3.51.